The molecule has 3 saturated heterocycles. The number of benzene rings is 3. The van der Waals surface area contributed by atoms with Crippen LogP contribution in [0.15, 0.2) is 158 Å². The summed E-state index contributed by atoms with van der Waals surface area (Å²) < 4.78 is 27.5. The van der Waals surface area contributed by atoms with Crippen molar-refractivity contribution in [3.63, 3.8) is 0 Å². The van der Waals surface area contributed by atoms with Crippen LogP contribution in [0, 0.1) is 40.5 Å². The average Bonchev–Trinajstić information content (AvgIpc) is 1.65. The van der Waals surface area contributed by atoms with Crippen molar-refractivity contribution in [3.8, 4) is 0 Å². The van der Waals surface area contributed by atoms with Gasteiger partial charge in [0.2, 0.25) is 28.9 Å². The molecule has 3 aliphatic heterocycles. The molecular weight excluding hydrogens is 1740 g/mol. The minimum atomic E-state index is -0.0867. The van der Waals surface area contributed by atoms with E-state index in [1.165, 1.54) is 78.6 Å². The maximum atomic E-state index is 12.9. The molecule has 618 valence electrons. The number of ketones is 5. The molecule has 119 heavy (non-hydrogen) atoms. The lowest BCUT2D eigenvalue weighted by Crippen LogP contribution is -2.38. The molecule has 29 heteroatoms. The Morgan fingerprint density at radius 3 is 1.13 bits per heavy atom. The Hall–Kier alpha value is -7.66. The zero-order valence-electron chi connectivity index (χ0n) is 66.5. The lowest BCUT2D eigenvalue weighted by molar-refractivity contribution is 0.0364. The maximum absolute atomic E-state index is 12.9. The first-order chi connectivity index (χ1) is 57.4. The van der Waals surface area contributed by atoms with Crippen molar-refractivity contribution in [3.05, 3.63) is 274 Å². The normalized spacial score (nSPS) is 14.1. The molecular formula is C90H86Cl7N9O8S5. The molecule has 0 atom stereocenters. The van der Waals surface area contributed by atoms with Crippen LogP contribution in [-0.4, -0.2) is 150 Å². The standard InChI is InChI=1S/C21H21Cl2NO2S.C19H20ClN3O2S.C19H21N3O2S.C16H13Cl2NOS.C15H11Cl2NOS/c1-13-11-15-12-18(20(25)16-3-2-4-17(22)19(16)23)27-21(15)24(13)8-5-14-6-9-26-10-7-14;1-13-11-14-12-16(17(24)15-3-2-4-21-18(15)20)26-19(14)23(13)6-5-22-7-9-25-10-8-22;1-14-12-15-13-17(18(23)16-4-2-3-5-20-16)25-19(15)22(14)7-6-21-8-10-24-11-9-21;1-3-19-9(2)7-10-8-13(21-16(10)19)15(20)11-5-4-6-12(17)14(11)18;1-8-6-9-7-12(20-15(9)18(8)2)14(19)10-4-3-5-11(16)13(10)17/h2-4,11-12,14H,5-10H2,1H3;2-4,11-12H,5-10H2,1H3;2-5,12-13H,6-11H2,1H3;4-8H,3H2,1-2H3;3-7H,1-2H3. The highest BCUT2D eigenvalue weighted by Crippen LogP contribution is 2.40. The van der Waals surface area contributed by atoms with Gasteiger partial charge >= 0.3 is 0 Å². The fourth-order valence-corrected chi connectivity index (χ4v) is 22.2. The Morgan fingerprint density at radius 2 is 0.731 bits per heavy atom. The number of fused-ring (bicyclic) bond motifs is 5. The van der Waals surface area contributed by atoms with Gasteiger partial charge in [0.05, 0.1) is 86.5 Å². The van der Waals surface area contributed by atoms with Crippen LogP contribution in [0.4, 0.5) is 0 Å². The van der Waals surface area contributed by atoms with Crippen LogP contribution in [-0.2, 0) is 47.4 Å². The molecule has 15 aromatic rings. The Balaban J connectivity index is 0.000000123. The van der Waals surface area contributed by atoms with E-state index in [2.05, 4.69) is 108 Å². The summed E-state index contributed by atoms with van der Waals surface area (Å²) in [6.45, 7) is 27.3. The number of morpholine rings is 2. The summed E-state index contributed by atoms with van der Waals surface area (Å²) in [4.78, 5) is 85.8. The minimum Gasteiger partial charge on any atom is -0.381 e. The third-order valence-electron chi connectivity index (χ3n) is 21.6. The molecule has 0 saturated carbocycles. The molecule has 0 unspecified atom stereocenters. The number of aromatic nitrogens is 7. The molecule has 3 aromatic carbocycles. The van der Waals surface area contributed by atoms with Crippen molar-refractivity contribution in [1.82, 2.24) is 42.6 Å². The van der Waals surface area contributed by atoms with Crippen LogP contribution in [0.1, 0.15) is 131 Å². The van der Waals surface area contributed by atoms with Gasteiger partial charge in [0.15, 0.2) is 0 Å². The SMILES string of the molecule is CCn1c(C)cc2cc(C(=O)c3cccc(Cl)c3Cl)sc21.Cc1cc2cc(C(=O)c3cccc(Cl)c3Cl)sc2n1C.Cc1cc2cc(C(=O)c3cccc(Cl)c3Cl)sc2n1CCC1CCOCC1.Cc1cc2cc(C(=O)c3ccccn3)sc2n1CCN1CCOCC1.Cc1cc2cc(C(=O)c3cccnc3Cl)sc2n1CCN1CCOCC1. The number of rotatable bonds is 20. The fraction of sp³-hybridized carbons (Fsp3) is 0.300. The number of pyridine rings is 2. The molecule has 3 aliphatic rings. The molecule has 0 radical (unpaired) electrons. The second kappa shape index (κ2) is 39.7. The van der Waals surface area contributed by atoms with Crippen molar-refractivity contribution in [2.75, 3.05) is 78.9 Å². The van der Waals surface area contributed by atoms with Crippen LogP contribution in [0.2, 0.25) is 35.3 Å². The number of halogens is 7. The van der Waals surface area contributed by atoms with Gasteiger partial charge in [0.25, 0.3) is 0 Å². The lowest BCUT2D eigenvalue weighted by atomic mass is 9.97. The smallest absolute Gasteiger partial charge is 0.221 e. The molecule has 3 fully saturated rings. The van der Waals surface area contributed by atoms with Gasteiger partial charge in [0, 0.05) is 170 Å². The molecule has 0 spiro atoms. The van der Waals surface area contributed by atoms with E-state index in [0.717, 1.165) is 181 Å². The zero-order valence-corrected chi connectivity index (χ0v) is 75.9. The summed E-state index contributed by atoms with van der Waals surface area (Å²) in [7, 11) is 1.99. The van der Waals surface area contributed by atoms with Crippen molar-refractivity contribution in [1.29, 1.82) is 0 Å². The molecule has 17 nitrogen and oxygen atoms in total. The first kappa shape index (κ1) is 87.7. The van der Waals surface area contributed by atoms with Gasteiger partial charge in [-0.05, 0) is 188 Å². The number of hydrogen-bond donors (Lipinski definition) is 0. The topological polar surface area (TPSA) is 170 Å². The molecule has 0 amide bonds. The first-order valence-corrected chi connectivity index (χ1v) is 45.8. The Bertz CT molecular complexity index is 6220. The summed E-state index contributed by atoms with van der Waals surface area (Å²) in [6.07, 6.45) is 6.69. The molecule has 0 bridgehead atoms. The van der Waals surface area contributed by atoms with Crippen LogP contribution in [0.5, 0.6) is 0 Å². The minimum absolute atomic E-state index is 0.000757. The van der Waals surface area contributed by atoms with E-state index in [0.29, 0.717) is 77.6 Å². The highest BCUT2D eigenvalue weighted by Gasteiger charge is 2.27. The van der Waals surface area contributed by atoms with Gasteiger partial charge in [-0.2, -0.15) is 0 Å². The summed E-state index contributed by atoms with van der Waals surface area (Å²) in [5.74, 6) is 0.417. The van der Waals surface area contributed by atoms with Crippen LogP contribution < -0.4 is 0 Å². The van der Waals surface area contributed by atoms with Crippen LogP contribution >= 0.6 is 138 Å². The average molecular weight is 1830 g/mol. The molecule has 15 heterocycles. The lowest BCUT2D eigenvalue weighted by Gasteiger charge is -2.26. The van der Waals surface area contributed by atoms with Gasteiger partial charge in [-0.1, -0.05) is 105 Å². The monoisotopic (exact) mass is 1830 g/mol. The highest BCUT2D eigenvalue weighted by atomic mass is 35.5. The summed E-state index contributed by atoms with van der Waals surface area (Å²) >= 11 is 50.2. The number of thiophene rings is 5. The molecule has 0 N–H and O–H groups in total. The van der Waals surface area contributed by atoms with Gasteiger partial charge < -0.3 is 37.0 Å². The van der Waals surface area contributed by atoms with Gasteiger partial charge in [-0.3, -0.25) is 38.8 Å². The van der Waals surface area contributed by atoms with E-state index in [1.54, 1.807) is 96.5 Å². The highest BCUT2D eigenvalue weighted by molar-refractivity contribution is 7.22. The van der Waals surface area contributed by atoms with E-state index in [4.69, 9.17) is 95.4 Å². The number of hydrogen-bond acceptors (Lipinski definition) is 17. The fourth-order valence-electron chi connectivity index (χ4n) is 14.9. The van der Waals surface area contributed by atoms with E-state index < -0.39 is 0 Å². The summed E-state index contributed by atoms with van der Waals surface area (Å²) in [6, 6.07) is 44.7. The number of carbonyl (C=O) groups is 5. The van der Waals surface area contributed by atoms with E-state index in [9.17, 15) is 24.0 Å². The van der Waals surface area contributed by atoms with Gasteiger partial charge in [0.1, 0.15) is 35.0 Å². The predicted molar refractivity (Wildman–Crippen MR) is 492 cm³/mol. The molecule has 18 rings (SSSR count). The quantitative estimate of drug-likeness (QED) is 0.0523. The number of aryl methyl sites for hydroxylation is 8. The van der Waals surface area contributed by atoms with Crippen molar-refractivity contribution < 1.29 is 38.2 Å². The third-order valence-corrected chi connectivity index (χ3v) is 30.2. The summed E-state index contributed by atoms with van der Waals surface area (Å²) in [5.41, 5.74) is 8.39. The first-order valence-electron chi connectivity index (χ1n) is 39.1. The van der Waals surface area contributed by atoms with Gasteiger partial charge in [-0.25, -0.2) is 4.98 Å². The van der Waals surface area contributed by atoms with Crippen molar-refractivity contribution in [2.45, 2.75) is 87.0 Å². The van der Waals surface area contributed by atoms with Crippen molar-refractivity contribution in [2.24, 2.45) is 13.0 Å². The number of carbonyl (C=O) groups excluding carboxylic acids is 5. The van der Waals surface area contributed by atoms with E-state index in [-0.39, 0.29) is 34.1 Å². The number of nitrogens with zero attached hydrogens (tertiary/aromatic N) is 9. The second-order valence-corrected chi connectivity index (χ2v) is 37.2. The molecule has 12 aromatic heterocycles. The number of ether oxygens (including phenoxy) is 3. The van der Waals surface area contributed by atoms with Crippen LogP contribution in [0.25, 0.3) is 51.1 Å². The predicted octanol–water partition coefficient (Wildman–Crippen LogP) is 23.6. The maximum Gasteiger partial charge on any atom is 0.221 e. The Kier molecular flexibility index (Phi) is 29.2. The Labute approximate surface area is 745 Å². The van der Waals surface area contributed by atoms with E-state index in [1.807, 2.05) is 56.4 Å². The zero-order chi connectivity index (χ0) is 83.9. The molecule has 0 aliphatic carbocycles. The van der Waals surface area contributed by atoms with E-state index >= 15 is 0 Å². The van der Waals surface area contributed by atoms with Gasteiger partial charge in [-0.15, -0.1) is 56.7 Å². The second-order valence-electron chi connectivity index (χ2n) is 29.3. The third kappa shape index (κ3) is 20.0. The summed E-state index contributed by atoms with van der Waals surface area (Å²) in [5, 5.41) is 7.95. The Morgan fingerprint density at radius 1 is 0.378 bits per heavy atom. The van der Waals surface area contributed by atoms with Crippen molar-refractivity contribution >= 4 is 218 Å². The van der Waals surface area contributed by atoms with Crippen LogP contribution in [0.3, 0.4) is 0 Å². The largest absolute Gasteiger partial charge is 0.381 e.